The highest BCUT2D eigenvalue weighted by Crippen LogP contribution is 2.18. The van der Waals surface area contributed by atoms with Crippen molar-refractivity contribution in [3.8, 4) is 11.3 Å². The molecular formula is C12H14N4OS. The van der Waals surface area contributed by atoms with Crippen LogP contribution in [0.1, 0.15) is 13.8 Å². The number of nitrogens with two attached hydrogens (primary N) is 1. The Kier molecular flexibility index (Phi) is 3.66. The van der Waals surface area contributed by atoms with Crippen molar-refractivity contribution >= 4 is 11.8 Å². The fourth-order valence-corrected chi connectivity index (χ4v) is 2.16. The second-order valence-electron chi connectivity index (χ2n) is 4.04. The summed E-state index contributed by atoms with van der Waals surface area (Å²) >= 11 is 1.41. The van der Waals surface area contributed by atoms with E-state index in [0.717, 1.165) is 10.2 Å². The van der Waals surface area contributed by atoms with E-state index < -0.39 is 0 Å². The Hall–Kier alpha value is -1.82. The SMILES string of the molecule is CC(C)Sc1nnc(-c2ccccc2)c(=O)n1N. The monoisotopic (exact) mass is 262 g/mol. The van der Waals surface area contributed by atoms with Gasteiger partial charge in [0.15, 0.2) is 5.69 Å². The van der Waals surface area contributed by atoms with Crippen LogP contribution in [0.5, 0.6) is 0 Å². The Morgan fingerprint density at radius 2 is 1.89 bits per heavy atom. The summed E-state index contributed by atoms with van der Waals surface area (Å²) < 4.78 is 1.06. The van der Waals surface area contributed by atoms with Gasteiger partial charge in [-0.2, -0.15) is 4.68 Å². The molecule has 1 heterocycles. The third kappa shape index (κ3) is 2.53. The molecule has 1 aromatic heterocycles. The molecule has 0 fully saturated rings. The van der Waals surface area contributed by atoms with E-state index in [1.54, 1.807) is 12.1 Å². The maximum absolute atomic E-state index is 12.1. The van der Waals surface area contributed by atoms with Crippen molar-refractivity contribution in [2.75, 3.05) is 5.84 Å². The highest BCUT2D eigenvalue weighted by molar-refractivity contribution is 7.99. The first-order valence-electron chi connectivity index (χ1n) is 5.56. The minimum atomic E-state index is -0.334. The molecule has 5 nitrogen and oxygen atoms in total. The molecule has 0 saturated carbocycles. The summed E-state index contributed by atoms with van der Waals surface area (Å²) in [7, 11) is 0. The largest absolute Gasteiger partial charge is 0.334 e. The third-order valence-electron chi connectivity index (χ3n) is 2.25. The standard InChI is InChI=1S/C12H14N4OS/c1-8(2)18-12-15-14-10(11(17)16(12)13)9-6-4-3-5-7-9/h3-8H,13H2,1-2H3. The molecule has 0 aliphatic rings. The average Bonchev–Trinajstić information content (AvgIpc) is 2.36. The molecule has 0 aliphatic carbocycles. The highest BCUT2D eigenvalue weighted by atomic mass is 32.2. The van der Waals surface area contributed by atoms with Crippen LogP contribution in [0.25, 0.3) is 11.3 Å². The van der Waals surface area contributed by atoms with Gasteiger partial charge in [-0.15, -0.1) is 10.2 Å². The summed E-state index contributed by atoms with van der Waals surface area (Å²) in [5.41, 5.74) is 0.654. The van der Waals surface area contributed by atoms with E-state index in [2.05, 4.69) is 10.2 Å². The van der Waals surface area contributed by atoms with Crippen molar-refractivity contribution in [1.29, 1.82) is 0 Å². The first kappa shape index (κ1) is 12.6. The van der Waals surface area contributed by atoms with Crippen LogP contribution in [0.3, 0.4) is 0 Å². The molecule has 0 unspecified atom stereocenters. The topological polar surface area (TPSA) is 73.8 Å². The molecule has 1 aromatic carbocycles. The van der Waals surface area contributed by atoms with E-state index in [4.69, 9.17) is 5.84 Å². The normalized spacial score (nSPS) is 10.8. The van der Waals surface area contributed by atoms with Crippen molar-refractivity contribution < 1.29 is 0 Å². The van der Waals surface area contributed by atoms with Gasteiger partial charge in [0, 0.05) is 10.8 Å². The van der Waals surface area contributed by atoms with E-state index in [1.807, 2.05) is 32.0 Å². The number of thioether (sulfide) groups is 1. The Balaban J connectivity index is 2.48. The van der Waals surface area contributed by atoms with Crippen LogP contribution in [0, 0.1) is 0 Å². The molecule has 2 aromatic rings. The van der Waals surface area contributed by atoms with E-state index in [0.29, 0.717) is 5.16 Å². The van der Waals surface area contributed by atoms with Gasteiger partial charge < -0.3 is 5.84 Å². The van der Waals surface area contributed by atoms with Crippen LogP contribution in [-0.2, 0) is 0 Å². The zero-order chi connectivity index (χ0) is 13.1. The van der Waals surface area contributed by atoms with Crippen LogP contribution in [0.2, 0.25) is 0 Å². The average molecular weight is 262 g/mol. The van der Waals surface area contributed by atoms with Crippen molar-refractivity contribution in [2.45, 2.75) is 24.3 Å². The summed E-state index contributed by atoms with van der Waals surface area (Å²) in [5, 5.41) is 8.70. The molecule has 0 amide bonds. The molecule has 6 heteroatoms. The van der Waals surface area contributed by atoms with E-state index in [9.17, 15) is 4.79 Å². The first-order valence-corrected chi connectivity index (χ1v) is 6.44. The summed E-state index contributed by atoms with van der Waals surface area (Å²) in [5.74, 6) is 5.75. The van der Waals surface area contributed by atoms with Gasteiger partial charge in [0.2, 0.25) is 5.16 Å². The van der Waals surface area contributed by atoms with Gasteiger partial charge in [0.25, 0.3) is 5.56 Å². The lowest BCUT2D eigenvalue weighted by Crippen LogP contribution is -2.32. The summed E-state index contributed by atoms with van der Waals surface area (Å²) in [6, 6.07) is 9.17. The lowest BCUT2D eigenvalue weighted by atomic mass is 10.2. The van der Waals surface area contributed by atoms with E-state index >= 15 is 0 Å². The van der Waals surface area contributed by atoms with Crippen molar-refractivity contribution in [3.63, 3.8) is 0 Å². The van der Waals surface area contributed by atoms with Crippen molar-refractivity contribution in [3.05, 3.63) is 40.7 Å². The van der Waals surface area contributed by atoms with Crippen LogP contribution in [0.15, 0.2) is 40.3 Å². The number of aromatic nitrogens is 3. The number of rotatable bonds is 3. The molecule has 2 rings (SSSR count). The van der Waals surface area contributed by atoms with Gasteiger partial charge >= 0.3 is 0 Å². The fourth-order valence-electron chi connectivity index (χ4n) is 1.45. The Morgan fingerprint density at radius 3 is 2.50 bits per heavy atom. The predicted molar refractivity (Wildman–Crippen MR) is 72.9 cm³/mol. The Morgan fingerprint density at radius 1 is 1.22 bits per heavy atom. The highest BCUT2D eigenvalue weighted by Gasteiger charge is 2.12. The minimum absolute atomic E-state index is 0.270. The van der Waals surface area contributed by atoms with Crippen LogP contribution in [0.4, 0.5) is 0 Å². The number of hydrogen-bond donors (Lipinski definition) is 1. The smallest absolute Gasteiger partial charge is 0.299 e. The van der Waals surface area contributed by atoms with Gasteiger partial charge in [-0.05, 0) is 0 Å². The van der Waals surface area contributed by atoms with Gasteiger partial charge in [-0.25, -0.2) is 0 Å². The van der Waals surface area contributed by atoms with E-state index in [1.165, 1.54) is 11.8 Å². The molecule has 0 atom stereocenters. The molecule has 0 bridgehead atoms. The second-order valence-corrected chi connectivity index (χ2v) is 5.58. The molecule has 2 N–H and O–H groups in total. The molecule has 0 aliphatic heterocycles. The van der Waals surface area contributed by atoms with Crippen LogP contribution < -0.4 is 11.4 Å². The van der Waals surface area contributed by atoms with Crippen LogP contribution in [-0.4, -0.2) is 20.1 Å². The quantitative estimate of drug-likeness (QED) is 0.670. The summed E-state index contributed by atoms with van der Waals surface area (Å²) in [4.78, 5) is 12.1. The Bertz CT molecular complexity index is 595. The molecule has 94 valence electrons. The maximum Gasteiger partial charge on any atom is 0.299 e. The lowest BCUT2D eigenvalue weighted by Gasteiger charge is -2.08. The summed E-state index contributed by atoms with van der Waals surface area (Å²) in [6.07, 6.45) is 0. The van der Waals surface area contributed by atoms with Gasteiger partial charge in [-0.1, -0.05) is 55.9 Å². The third-order valence-corrected chi connectivity index (χ3v) is 3.21. The zero-order valence-electron chi connectivity index (χ0n) is 10.2. The van der Waals surface area contributed by atoms with E-state index in [-0.39, 0.29) is 16.5 Å². The molecule has 0 radical (unpaired) electrons. The molecule has 0 saturated heterocycles. The summed E-state index contributed by atoms with van der Waals surface area (Å²) in [6.45, 7) is 4.00. The molecule has 18 heavy (non-hydrogen) atoms. The number of hydrogen-bond acceptors (Lipinski definition) is 5. The maximum atomic E-state index is 12.1. The molecular weight excluding hydrogens is 248 g/mol. The number of benzene rings is 1. The van der Waals surface area contributed by atoms with Gasteiger partial charge in [-0.3, -0.25) is 4.79 Å². The van der Waals surface area contributed by atoms with Crippen molar-refractivity contribution in [1.82, 2.24) is 14.9 Å². The van der Waals surface area contributed by atoms with Gasteiger partial charge in [0.1, 0.15) is 0 Å². The molecule has 0 spiro atoms. The minimum Gasteiger partial charge on any atom is -0.334 e. The van der Waals surface area contributed by atoms with Crippen LogP contribution >= 0.6 is 11.8 Å². The first-order chi connectivity index (χ1) is 8.59. The van der Waals surface area contributed by atoms with Gasteiger partial charge in [0.05, 0.1) is 0 Å². The zero-order valence-corrected chi connectivity index (χ0v) is 11.0. The fraction of sp³-hybridized carbons (Fsp3) is 0.250. The number of nitrogens with zero attached hydrogens (tertiary/aromatic N) is 3. The number of nitrogen functional groups attached to an aromatic ring is 1. The predicted octanol–water partition coefficient (Wildman–Crippen LogP) is 1.52. The van der Waals surface area contributed by atoms with Crippen molar-refractivity contribution in [2.24, 2.45) is 0 Å². The lowest BCUT2D eigenvalue weighted by molar-refractivity contribution is 0.702. The second kappa shape index (κ2) is 5.22. The Labute approximate surface area is 109 Å².